The highest BCUT2D eigenvalue weighted by Crippen LogP contribution is 2.34. The van der Waals surface area contributed by atoms with Crippen molar-refractivity contribution in [3.8, 4) is 0 Å². The molecule has 1 heterocycles. The molecule has 2 unspecified atom stereocenters. The summed E-state index contributed by atoms with van der Waals surface area (Å²) in [5.74, 6) is -0.565. The summed E-state index contributed by atoms with van der Waals surface area (Å²) in [6.45, 7) is 0.878. The Balaban J connectivity index is 1.62. The average molecular weight is 315 g/mol. The third-order valence-electron chi connectivity index (χ3n) is 5.46. The normalized spacial score (nSPS) is 25.0. The van der Waals surface area contributed by atoms with E-state index in [4.69, 9.17) is 0 Å². The van der Waals surface area contributed by atoms with Crippen LogP contribution in [0.25, 0.3) is 0 Å². The van der Waals surface area contributed by atoms with E-state index in [2.05, 4.69) is 0 Å². The number of carboxylic acids is 1. The van der Waals surface area contributed by atoms with Crippen LogP contribution < -0.4 is 0 Å². The highest BCUT2D eigenvalue weighted by Gasteiger charge is 2.40. The Hall–Kier alpha value is -1.84. The molecule has 23 heavy (non-hydrogen) atoms. The maximum absolute atomic E-state index is 12.5. The van der Waals surface area contributed by atoms with Crippen molar-refractivity contribution in [3.05, 3.63) is 35.9 Å². The standard InChI is InChI=1S/C19H25NO3/c21-18(11-10-14-6-4-5-7-14)20-12-16(17(13-20)19(22)23)15-8-2-1-3-9-15/h1-3,8-9,14,16-17H,4-7,10-13H2,(H,22,23). The molecule has 0 aromatic heterocycles. The summed E-state index contributed by atoms with van der Waals surface area (Å²) < 4.78 is 0. The summed E-state index contributed by atoms with van der Waals surface area (Å²) in [6, 6.07) is 9.72. The molecule has 1 aliphatic heterocycles. The lowest BCUT2D eigenvalue weighted by Crippen LogP contribution is -2.30. The summed E-state index contributed by atoms with van der Waals surface area (Å²) in [5, 5.41) is 9.51. The number of benzene rings is 1. The van der Waals surface area contributed by atoms with Crippen molar-refractivity contribution >= 4 is 11.9 Å². The van der Waals surface area contributed by atoms with Gasteiger partial charge >= 0.3 is 5.97 Å². The fraction of sp³-hybridized carbons (Fsp3) is 0.579. The lowest BCUT2D eigenvalue weighted by Gasteiger charge is -2.17. The molecule has 1 aromatic carbocycles. The molecule has 124 valence electrons. The van der Waals surface area contributed by atoms with Crippen LogP contribution in [0.3, 0.4) is 0 Å². The van der Waals surface area contributed by atoms with Crippen LogP contribution in [0.4, 0.5) is 0 Å². The van der Waals surface area contributed by atoms with Gasteiger partial charge in [-0.25, -0.2) is 0 Å². The second-order valence-electron chi connectivity index (χ2n) is 6.95. The minimum atomic E-state index is -0.801. The number of carboxylic acid groups (broad SMARTS) is 1. The molecule has 1 aliphatic carbocycles. The summed E-state index contributed by atoms with van der Waals surface area (Å²) in [6.07, 6.45) is 6.61. The van der Waals surface area contributed by atoms with Gasteiger partial charge in [-0.1, -0.05) is 56.0 Å². The lowest BCUT2D eigenvalue weighted by molar-refractivity contribution is -0.141. The van der Waals surface area contributed by atoms with Gasteiger partial charge in [-0.2, -0.15) is 0 Å². The number of likely N-dealkylation sites (tertiary alicyclic amines) is 1. The number of carbonyl (C=O) groups excluding carboxylic acids is 1. The monoisotopic (exact) mass is 315 g/mol. The fourth-order valence-electron chi connectivity index (χ4n) is 4.08. The minimum Gasteiger partial charge on any atom is -0.481 e. The van der Waals surface area contributed by atoms with E-state index in [1.54, 1.807) is 4.90 Å². The van der Waals surface area contributed by atoms with Crippen molar-refractivity contribution in [1.29, 1.82) is 0 Å². The maximum atomic E-state index is 12.5. The number of hydrogen-bond donors (Lipinski definition) is 1. The van der Waals surface area contributed by atoms with Gasteiger partial charge in [0, 0.05) is 25.4 Å². The van der Waals surface area contributed by atoms with E-state index >= 15 is 0 Å². The van der Waals surface area contributed by atoms with E-state index in [0.717, 1.165) is 12.0 Å². The van der Waals surface area contributed by atoms with E-state index in [1.807, 2.05) is 30.3 Å². The van der Waals surface area contributed by atoms with Crippen LogP contribution in [0, 0.1) is 11.8 Å². The summed E-state index contributed by atoms with van der Waals surface area (Å²) >= 11 is 0. The highest BCUT2D eigenvalue weighted by molar-refractivity contribution is 5.79. The van der Waals surface area contributed by atoms with E-state index in [9.17, 15) is 14.7 Å². The number of aliphatic carboxylic acids is 1. The summed E-state index contributed by atoms with van der Waals surface area (Å²) in [7, 11) is 0. The quantitative estimate of drug-likeness (QED) is 0.907. The van der Waals surface area contributed by atoms with Gasteiger partial charge in [-0.05, 0) is 17.9 Å². The zero-order valence-electron chi connectivity index (χ0n) is 13.5. The van der Waals surface area contributed by atoms with E-state index in [0.29, 0.717) is 25.4 Å². The summed E-state index contributed by atoms with van der Waals surface area (Å²) in [4.78, 5) is 25.8. The molecular weight excluding hydrogens is 290 g/mol. The first-order chi connectivity index (χ1) is 11.1. The molecule has 0 spiro atoms. The number of carbonyl (C=O) groups is 2. The first-order valence-corrected chi connectivity index (χ1v) is 8.70. The van der Waals surface area contributed by atoms with Gasteiger partial charge in [-0.15, -0.1) is 0 Å². The number of rotatable bonds is 5. The molecule has 1 saturated carbocycles. The highest BCUT2D eigenvalue weighted by atomic mass is 16.4. The van der Waals surface area contributed by atoms with Crippen LogP contribution in [-0.4, -0.2) is 35.0 Å². The minimum absolute atomic E-state index is 0.0934. The predicted molar refractivity (Wildman–Crippen MR) is 88.1 cm³/mol. The van der Waals surface area contributed by atoms with Gasteiger partial charge in [0.15, 0.2) is 0 Å². The third kappa shape index (κ3) is 3.74. The number of amides is 1. The Bertz CT molecular complexity index is 551. The van der Waals surface area contributed by atoms with E-state index < -0.39 is 11.9 Å². The first-order valence-electron chi connectivity index (χ1n) is 8.70. The largest absolute Gasteiger partial charge is 0.481 e. The fourth-order valence-corrected chi connectivity index (χ4v) is 4.08. The molecular formula is C19H25NO3. The van der Waals surface area contributed by atoms with Crippen LogP contribution in [0.2, 0.25) is 0 Å². The first kappa shape index (κ1) is 16.0. The number of hydrogen-bond acceptors (Lipinski definition) is 2. The Morgan fingerprint density at radius 3 is 2.43 bits per heavy atom. The Kier molecular flexibility index (Phi) is 4.99. The molecule has 1 amide bonds. The van der Waals surface area contributed by atoms with Gasteiger partial charge in [0.2, 0.25) is 5.91 Å². The molecule has 2 aliphatic rings. The lowest BCUT2D eigenvalue weighted by atomic mass is 9.89. The van der Waals surface area contributed by atoms with Gasteiger partial charge < -0.3 is 10.0 Å². The smallest absolute Gasteiger partial charge is 0.308 e. The predicted octanol–water partition coefficient (Wildman–Crippen LogP) is 3.28. The van der Waals surface area contributed by atoms with E-state index in [1.165, 1.54) is 25.7 Å². The van der Waals surface area contributed by atoms with Crippen LogP contribution in [0.15, 0.2) is 30.3 Å². The second-order valence-corrected chi connectivity index (χ2v) is 6.95. The third-order valence-corrected chi connectivity index (χ3v) is 5.46. The zero-order valence-corrected chi connectivity index (χ0v) is 13.5. The molecule has 2 atom stereocenters. The molecule has 4 heteroatoms. The Morgan fingerprint density at radius 1 is 1.09 bits per heavy atom. The molecule has 1 saturated heterocycles. The van der Waals surface area contributed by atoms with Gasteiger partial charge in [0.25, 0.3) is 0 Å². The van der Waals surface area contributed by atoms with Crippen molar-refractivity contribution in [3.63, 3.8) is 0 Å². The van der Waals surface area contributed by atoms with Crippen molar-refractivity contribution in [1.82, 2.24) is 4.90 Å². The Morgan fingerprint density at radius 2 is 1.78 bits per heavy atom. The maximum Gasteiger partial charge on any atom is 0.308 e. The SMILES string of the molecule is O=C(O)C1CN(C(=O)CCC2CCCC2)CC1c1ccccc1. The average Bonchev–Trinajstić information content (AvgIpc) is 3.23. The molecule has 2 fully saturated rings. The Labute approximate surface area is 137 Å². The number of nitrogens with zero attached hydrogens (tertiary/aromatic N) is 1. The van der Waals surface area contributed by atoms with Crippen molar-refractivity contribution in [2.45, 2.75) is 44.4 Å². The molecule has 4 nitrogen and oxygen atoms in total. The van der Waals surface area contributed by atoms with Crippen molar-refractivity contribution in [2.75, 3.05) is 13.1 Å². The van der Waals surface area contributed by atoms with Crippen molar-refractivity contribution < 1.29 is 14.7 Å². The zero-order chi connectivity index (χ0) is 16.2. The summed E-state index contributed by atoms with van der Waals surface area (Å²) in [5.41, 5.74) is 1.02. The van der Waals surface area contributed by atoms with Gasteiger partial charge in [0.1, 0.15) is 0 Å². The molecule has 1 aromatic rings. The van der Waals surface area contributed by atoms with Gasteiger partial charge in [0.05, 0.1) is 5.92 Å². The molecule has 0 bridgehead atoms. The van der Waals surface area contributed by atoms with Crippen LogP contribution >= 0.6 is 0 Å². The van der Waals surface area contributed by atoms with Crippen LogP contribution in [0.1, 0.15) is 50.0 Å². The molecule has 1 N–H and O–H groups in total. The van der Waals surface area contributed by atoms with Gasteiger partial charge in [-0.3, -0.25) is 9.59 Å². The van der Waals surface area contributed by atoms with Crippen molar-refractivity contribution in [2.24, 2.45) is 11.8 Å². The molecule has 3 rings (SSSR count). The molecule has 0 radical (unpaired) electrons. The van der Waals surface area contributed by atoms with Crippen LogP contribution in [0.5, 0.6) is 0 Å². The topological polar surface area (TPSA) is 57.6 Å². The second kappa shape index (κ2) is 7.16. The van der Waals surface area contributed by atoms with Crippen LogP contribution in [-0.2, 0) is 9.59 Å². The van der Waals surface area contributed by atoms with E-state index in [-0.39, 0.29) is 11.8 Å².